The monoisotopic (exact) mass is 572 g/mol. The van der Waals surface area contributed by atoms with E-state index >= 15 is 0 Å². The zero-order valence-electron chi connectivity index (χ0n) is 20.9. The number of carbonyl (C=O) groups is 1. The number of para-hydroxylation sites is 1. The van der Waals surface area contributed by atoms with Crippen LogP contribution in [0.25, 0.3) is 23.0 Å². The van der Waals surface area contributed by atoms with E-state index < -0.39 is 12.0 Å². The van der Waals surface area contributed by atoms with Gasteiger partial charge in [-0.25, -0.2) is 14.5 Å². The number of esters is 1. The minimum absolute atomic E-state index is 0.236. The van der Waals surface area contributed by atoms with E-state index in [1.54, 1.807) is 16.2 Å². The van der Waals surface area contributed by atoms with Gasteiger partial charge >= 0.3 is 5.97 Å². The molecule has 0 unspecified atom stereocenters. The number of carbonyl (C=O) groups excluding carboxylic acids is 1. The summed E-state index contributed by atoms with van der Waals surface area (Å²) in [7, 11) is 1.34. The lowest BCUT2D eigenvalue weighted by Gasteiger charge is -2.22. The number of hydrogen-bond acceptors (Lipinski definition) is 7. The second-order valence-electron chi connectivity index (χ2n) is 8.81. The second kappa shape index (κ2) is 10.3. The van der Waals surface area contributed by atoms with Crippen LogP contribution in [-0.4, -0.2) is 27.4 Å². The fraction of sp³-hybridized carbons (Fsp3) is 0.103. The summed E-state index contributed by atoms with van der Waals surface area (Å²) >= 11 is 8.90. The molecule has 10 heteroatoms. The summed E-state index contributed by atoms with van der Waals surface area (Å²) in [5, 5.41) is 7.40. The first-order valence-corrected chi connectivity index (χ1v) is 14.1. The Balaban J connectivity index is 1.56. The molecular formula is C29H21ClN4O3S2. The van der Waals surface area contributed by atoms with Crippen molar-refractivity contribution in [2.75, 3.05) is 7.11 Å². The standard InChI is InChI=1S/C29H21ClN4O3S2/c1-17-24(28(36)37-2)26(22-9-6-14-38-22)34-27(35)23(39-29(34)31-17)15-19-16-33(21-7-4-3-5-8-21)32-25(19)18-10-12-20(30)13-11-18/h3-16,26H,1-2H3/t26-/m1/s1. The lowest BCUT2D eigenvalue weighted by atomic mass is 10.0. The molecule has 0 aliphatic carbocycles. The molecule has 0 radical (unpaired) electrons. The topological polar surface area (TPSA) is 78.5 Å². The first-order chi connectivity index (χ1) is 18.9. The molecule has 0 bridgehead atoms. The van der Waals surface area contributed by atoms with Gasteiger partial charge in [0.15, 0.2) is 4.80 Å². The van der Waals surface area contributed by atoms with Gasteiger partial charge in [-0.15, -0.1) is 11.3 Å². The highest BCUT2D eigenvalue weighted by Crippen LogP contribution is 2.33. The number of ether oxygens (including phenoxy) is 1. The number of thiazole rings is 1. The van der Waals surface area contributed by atoms with Gasteiger partial charge in [0.25, 0.3) is 5.56 Å². The Morgan fingerprint density at radius 1 is 1.08 bits per heavy atom. The van der Waals surface area contributed by atoms with E-state index in [2.05, 4.69) is 4.99 Å². The molecule has 194 valence electrons. The third-order valence-corrected chi connectivity index (χ3v) is 8.57. The number of nitrogens with zero attached hydrogens (tertiary/aromatic N) is 4. The summed E-state index contributed by atoms with van der Waals surface area (Å²) in [4.78, 5) is 32.7. The van der Waals surface area contributed by atoms with Crippen LogP contribution in [-0.2, 0) is 9.53 Å². The molecule has 7 nitrogen and oxygen atoms in total. The Morgan fingerprint density at radius 2 is 1.85 bits per heavy atom. The number of allylic oxidation sites excluding steroid dienone is 1. The quantitative estimate of drug-likeness (QED) is 0.278. The number of hydrogen-bond donors (Lipinski definition) is 0. The Bertz CT molecular complexity index is 1900. The molecular weight excluding hydrogens is 552 g/mol. The van der Waals surface area contributed by atoms with Crippen molar-refractivity contribution < 1.29 is 9.53 Å². The summed E-state index contributed by atoms with van der Waals surface area (Å²) in [6.45, 7) is 1.77. The Kier molecular flexibility index (Phi) is 6.64. The minimum atomic E-state index is -0.612. The fourth-order valence-corrected chi connectivity index (χ4v) is 6.57. The second-order valence-corrected chi connectivity index (χ2v) is 11.2. The van der Waals surface area contributed by atoms with Gasteiger partial charge < -0.3 is 4.74 Å². The number of halogens is 1. The van der Waals surface area contributed by atoms with Crippen LogP contribution in [0.1, 0.15) is 23.4 Å². The molecule has 0 spiro atoms. The fourth-order valence-electron chi connectivity index (χ4n) is 4.59. The summed E-state index contributed by atoms with van der Waals surface area (Å²) in [5.74, 6) is -0.502. The molecule has 1 aliphatic rings. The van der Waals surface area contributed by atoms with Crippen molar-refractivity contribution in [3.63, 3.8) is 0 Å². The predicted molar refractivity (Wildman–Crippen MR) is 154 cm³/mol. The molecule has 3 aromatic heterocycles. The maximum Gasteiger partial charge on any atom is 0.338 e. The van der Waals surface area contributed by atoms with E-state index in [1.165, 1.54) is 29.8 Å². The van der Waals surface area contributed by atoms with E-state index in [9.17, 15) is 9.59 Å². The first kappa shape index (κ1) is 25.2. The molecule has 4 heterocycles. The predicted octanol–water partition coefficient (Wildman–Crippen LogP) is 4.98. The average molecular weight is 573 g/mol. The number of rotatable bonds is 5. The van der Waals surface area contributed by atoms with Gasteiger partial charge in [0.1, 0.15) is 11.7 Å². The molecule has 5 aromatic rings. The van der Waals surface area contributed by atoms with Crippen molar-refractivity contribution in [2.45, 2.75) is 13.0 Å². The summed E-state index contributed by atoms with van der Waals surface area (Å²) in [6.07, 6.45) is 3.74. The van der Waals surface area contributed by atoms with Crippen molar-refractivity contribution in [3.05, 3.63) is 125 Å². The largest absolute Gasteiger partial charge is 0.466 e. The molecule has 0 fully saturated rings. The normalized spacial score (nSPS) is 15.3. The highest BCUT2D eigenvalue weighted by molar-refractivity contribution is 7.10. The summed E-state index contributed by atoms with van der Waals surface area (Å²) in [5.41, 5.74) is 3.90. The number of fused-ring (bicyclic) bond motifs is 1. The van der Waals surface area contributed by atoms with Crippen LogP contribution in [0, 0.1) is 0 Å². The number of aromatic nitrogens is 3. The first-order valence-electron chi connectivity index (χ1n) is 12.0. The zero-order chi connectivity index (χ0) is 27.1. The average Bonchev–Trinajstić information content (AvgIpc) is 3.69. The smallest absolute Gasteiger partial charge is 0.338 e. The maximum atomic E-state index is 13.9. The third-order valence-electron chi connectivity index (χ3n) is 6.41. The van der Waals surface area contributed by atoms with Gasteiger partial charge in [-0.3, -0.25) is 9.36 Å². The van der Waals surface area contributed by atoms with Gasteiger partial charge in [-0.2, -0.15) is 5.10 Å². The van der Waals surface area contributed by atoms with E-state index in [4.69, 9.17) is 21.4 Å². The molecule has 1 aliphatic heterocycles. The Hall–Kier alpha value is -4.05. The third kappa shape index (κ3) is 4.58. The lowest BCUT2D eigenvalue weighted by Crippen LogP contribution is -2.39. The maximum absolute atomic E-state index is 13.9. The lowest BCUT2D eigenvalue weighted by molar-refractivity contribution is -0.136. The van der Waals surface area contributed by atoms with Crippen molar-refractivity contribution in [3.8, 4) is 16.9 Å². The van der Waals surface area contributed by atoms with Crippen LogP contribution in [0.3, 0.4) is 0 Å². The van der Waals surface area contributed by atoms with E-state index in [0.717, 1.165) is 21.7 Å². The zero-order valence-corrected chi connectivity index (χ0v) is 23.3. The van der Waals surface area contributed by atoms with Crippen LogP contribution >= 0.6 is 34.3 Å². The molecule has 1 atom stereocenters. The molecule has 0 saturated carbocycles. The Labute approximate surface area is 236 Å². The van der Waals surface area contributed by atoms with Crippen molar-refractivity contribution in [1.29, 1.82) is 0 Å². The van der Waals surface area contributed by atoms with E-state index in [1.807, 2.05) is 84.4 Å². The minimum Gasteiger partial charge on any atom is -0.466 e. The van der Waals surface area contributed by atoms with Crippen LogP contribution in [0.2, 0.25) is 5.02 Å². The van der Waals surface area contributed by atoms with Crippen LogP contribution in [0.5, 0.6) is 0 Å². The number of thiophene rings is 1. The molecule has 2 aromatic carbocycles. The van der Waals surface area contributed by atoms with Crippen LogP contribution in [0.15, 0.2) is 99.4 Å². The SMILES string of the molecule is COC(=O)C1=C(C)N=c2sc(=Cc3cn(-c4ccccc4)nc3-c3ccc(Cl)cc3)c(=O)n2[C@@H]1c1cccs1. The van der Waals surface area contributed by atoms with Crippen molar-refractivity contribution in [1.82, 2.24) is 14.3 Å². The van der Waals surface area contributed by atoms with Crippen molar-refractivity contribution >= 4 is 46.3 Å². The molecule has 0 saturated heterocycles. The van der Waals surface area contributed by atoms with Gasteiger partial charge in [0, 0.05) is 27.2 Å². The van der Waals surface area contributed by atoms with Crippen molar-refractivity contribution in [2.24, 2.45) is 4.99 Å². The van der Waals surface area contributed by atoms with E-state index in [0.29, 0.717) is 31.3 Å². The Morgan fingerprint density at radius 3 is 2.54 bits per heavy atom. The van der Waals surface area contributed by atoms with E-state index in [-0.39, 0.29) is 5.56 Å². The molecule has 0 amide bonds. The van der Waals surface area contributed by atoms with Crippen LogP contribution in [0.4, 0.5) is 0 Å². The van der Waals surface area contributed by atoms with Gasteiger partial charge in [0.05, 0.1) is 28.6 Å². The van der Waals surface area contributed by atoms with Crippen LogP contribution < -0.4 is 14.9 Å². The molecule has 39 heavy (non-hydrogen) atoms. The molecule has 6 rings (SSSR count). The highest BCUT2D eigenvalue weighted by Gasteiger charge is 2.33. The van der Waals surface area contributed by atoms with Gasteiger partial charge in [-0.05, 0) is 48.7 Å². The van der Waals surface area contributed by atoms with Gasteiger partial charge in [-0.1, -0.05) is 59.3 Å². The summed E-state index contributed by atoms with van der Waals surface area (Å²) < 4.78 is 8.94. The number of benzene rings is 2. The summed E-state index contributed by atoms with van der Waals surface area (Å²) in [6, 6.07) is 20.4. The molecule has 0 N–H and O–H groups in total. The van der Waals surface area contributed by atoms with Gasteiger partial charge in [0.2, 0.25) is 0 Å². The highest BCUT2D eigenvalue weighted by atomic mass is 35.5. The number of methoxy groups -OCH3 is 1.